The van der Waals surface area contributed by atoms with Gasteiger partial charge in [0.05, 0.1) is 6.54 Å². The van der Waals surface area contributed by atoms with Crippen molar-refractivity contribution in [3.63, 3.8) is 0 Å². The van der Waals surface area contributed by atoms with E-state index in [1.807, 2.05) is 47.2 Å². The van der Waals surface area contributed by atoms with Crippen molar-refractivity contribution in [1.82, 2.24) is 19.8 Å². The third-order valence-electron chi connectivity index (χ3n) is 3.93. The van der Waals surface area contributed by atoms with Crippen molar-refractivity contribution < 1.29 is 8.78 Å². The quantitative estimate of drug-likeness (QED) is 0.511. The van der Waals surface area contributed by atoms with Gasteiger partial charge in [-0.1, -0.05) is 30.3 Å². The second-order valence-electron chi connectivity index (χ2n) is 5.75. The number of halogens is 2. The van der Waals surface area contributed by atoms with E-state index in [4.69, 9.17) is 0 Å². The largest absolute Gasteiger partial charge is 0.345 e. The van der Waals surface area contributed by atoms with Crippen LogP contribution in [-0.2, 0) is 6.54 Å². The van der Waals surface area contributed by atoms with E-state index in [2.05, 4.69) is 15.3 Å². The number of fused-ring (bicyclic) bond motifs is 1. The average molecular weight is 371 g/mol. The minimum absolute atomic E-state index is 0.347. The van der Waals surface area contributed by atoms with Gasteiger partial charge in [0.2, 0.25) is 0 Å². The molecule has 0 fully saturated rings. The van der Waals surface area contributed by atoms with Crippen LogP contribution in [-0.4, -0.2) is 32.8 Å². The zero-order valence-corrected chi connectivity index (χ0v) is 14.5. The minimum Gasteiger partial charge on any atom is -0.345 e. The Hall–Kier alpha value is -2.87. The van der Waals surface area contributed by atoms with E-state index in [1.54, 1.807) is 32.9 Å². The van der Waals surface area contributed by atoms with Crippen LogP contribution in [0.5, 0.6) is 0 Å². The second kappa shape index (κ2) is 7.17. The van der Waals surface area contributed by atoms with Crippen LogP contribution in [0.4, 0.5) is 14.6 Å². The summed E-state index contributed by atoms with van der Waals surface area (Å²) >= 11 is 1.55. The highest BCUT2D eigenvalue weighted by atomic mass is 32.1. The van der Waals surface area contributed by atoms with E-state index in [9.17, 15) is 8.78 Å². The highest BCUT2D eigenvalue weighted by Gasteiger charge is 2.17. The summed E-state index contributed by atoms with van der Waals surface area (Å²) in [5, 5.41) is 16.7. The maximum absolute atomic E-state index is 13.1. The van der Waals surface area contributed by atoms with Crippen molar-refractivity contribution in [3.8, 4) is 11.4 Å². The summed E-state index contributed by atoms with van der Waals surface area (Å²) in [7, 11) is 0. The van der Waals surface area contributed by atoms with Crippen LogP contribution in [0.25, 0.3) is 17.0 Å². The lowest BCUT2D eigenvalue weighted by Gasteiger charge is -2.23. The average Bonchev–Trinajstić information content (AvgIpc) is 3.30. The molecule has 0 amide bonds. The molecule has 3 aromatic heterocycles. The zero-order valence-electron chi connectivity index (χ0n) is 13.7. The molecule has 26 heavy (non-hydrogen) atoms. The smallest absolute Gasteiger partial charge is 0.255 e. The number of anilines is 1. The van der Waals surface area contributed by atoms with Crippen LogP contribution in [0.15, 0.2) is 59.3 Å². The predicted octanol–water partition coefficient (Wildman–Crippen LogP) is 4.12. The molecule has 132 valence electrons. The third-order valence-corrected chi connectivity index (χ3v) is 4.61. The molecule has 0 radical (unpaired) electrons. The molecule has 0 atom stereocenters. The van der Waals surface area contributed by atoms with Crippen LogP contribution < -0.4 is 4.90 Å². The first kappa shape index (κ1) is 16.6. The lowest BCUT2D eigenvalue weighted by atomic mass is 10.2. The van der Waals surface area contributed by atoms with E-state index in [1.165, 1.54) is 0 Å². The molecule has 0 aliphatic heterocycles. The first-order chi connectivity index (χ1) is 12.7. The Kier molecular flexibility index (Phi) is 4.57. The first-order valence-corrected chi connectivity index (χ1v) is 8.97. The monoisotopic (exact) mass is 371 g/mol. The molecule has 1 aromatic carbocycles. The topological polar surface area (TPSA) is 46.3 Å². The molecule has 8 heteroatoms. The van der Waals surface area contributed by atoms with Gasteiger partial charge in [0.15, 0.2) is 11.5 Å². The Morgan fingerprint density at radius 2 is 1.88 bits per heavy atom. The fourth-order valence-electron chi connectivity index (χ4n) is 2.73. The summed E-state index contributed by atoms with van der Waals surface area (Å²) in [4.78, 5) is 1.57. The van der Waals surface area contributed by atoms with Crippen molar-refractivity contribution in [3.05, 3.63) is 64.9 Å². The van der Waals surface area contributed by atoms with E-state index in [-0.39, 0.29) is 0 Å². The number of aromatic nitrogens is 4. The number of benzene rings is 1. The van der Waals surface area contributed by atoms with Gasteiger partial charge < -0.3 is 4.90 Å². The van der Waals surface area contributed by atoms with Gasteiger partial charge >= 0.3 is 0 Å². The van der Waals surface area contributed by atoms with Crippen LogP contribution in [0, 0.1) is 0 Å². The van der Waals surface area contributed by atoms with Gasteiger partial charge in [0.1, 0.15) is 5.82 Å². The summed E-state index contributed by atoms with van der Waals surface area (Å²) < 4.78 is 27.9. The SMILES string of the molecule is FC(F)CN(Cc1ccccc1)c1ccc2nnc(-c3ccsc3)n2n1. The van der Waals surface area contributed by atoms with Gasteiger partial charge in [0.25, 0.3) is 6.43 Å². The normalized spacial score (nSPS) is 11.3. The molecule has 0 saturated carbocycles. The van der Waals surface area contributed by atoms with Crippen LogP contribution in [0.2, 0.25) is 0 Å². The molecule has 5 nitrogen and oxygen atoms in total. The lowest BCUT2D eigenvalue weighted by Crippen LogP contribution is -2.29. The fraction of sp³-hybridized carbons (Fsp3) is 0.167. The summed E-state index contributed by atoms with van der Waals surface area (Å²) in [6, 6.07) is 14.9. The summed E-state index contributed by atoms with van der Waals surface area (Å²) in [5.41, 5.74) is 2.42. The number of alkyl halides is 2. The summed E-state index contributed by atoms with van der Waals surface area (Å²) in [6.07, 6.45) is -2.46. The number of nitrogens with zero attached hydrogens (tertiary/aromatic N) is 5. The van der Waals surface area contributed by atoms with Crippen molar-refractivity contribution >= 4 is 22.8 Å². The molecule has 0 saturated heterocycles. The predicted molar refractivity (Wildman–Crippen MR) is 97.6 cm³/mol. The number of thiophene rings is 1. The molecule has 3 heterocycles. The molecule has 0 N–H and O–H groups in total. The highest BCUT2D eigenvalue weighted by Crippen LogP contribution is 2.22. The van der Waals surface area contributed by atoms with E-state index < -0.39 is 13.0 Å². The number of hydrogen-bond acceptors (Lipinski definition) is 5. The third kappa shape index (κ3) is 3.41. The van der Waals surface area contributed by atoms with E-state index in [0.29, 0.717) is 23.8 Å². The molecule has 4 rings (SSSR count). The summed E-state index contributed by atoms with van der Waals surface area (Å²) in [6.45, 7) is -0.0527. The Bertz CT molecular complexity index is 985. The van der Waals surface area contributed by atoms with Crippen molar-refractivity contribution in [1.29, 1.82) is 0 Å². The Morgan fingerprint density at radius 1 is 1.04 bits per heavy atom. The zero-order chi connectivity index (χ0) is 17.9. The van der Waals surface area contributed by atoms with E-state index in [0.717, 1.165) is 11.1 Å². The van der Waals surface area contributed by atoms with Crippen LogP contribution in [0.3, 0.4) is 0 Å². The minimum atomic E-state index is -2.46. The molecule has 0 bridgehead atoms. The van der Waals surface area contributed by atoms with Gasteiger partial charge in [-0.25, -0.2) is 8.78 Å². The molecule has 4 aromatic rings. The second-order valence-corrected chi connectivity index (χ2v) is 6.53. The van der Waals surface area contributed by atoms with Gasteiger partial charge in [-0.05, 0) is 29.1 Å². The van der Waals surface area contributed by atoms with Crippen molar-refractivity contribution in [2.45, 2.75) is 13.0 Å². The van der Waals surface area contributed by atoms with Crippen molar-refractivity contribution in [2.75, 3.05) is 11.4 Å². The van der Waals surface area contributed by atoms with Crippen LogP contribution in [0.1, 0.15) is 5.56 Å². The Morgan fingerprint density at radius 3 is 2.62 bits per heavy atom. The standard InChI is InChI=1S/C18H15F2N5S/c19-15(20)11-24(10-13-4-2-1-3-5-13)17-7-6-16-21-22-18(25(16)23-17)14-8-9-26-12-14/h1-9,12,15H,10-11H2. The lowest BCUT2D eigenvalue weighted by molar-refractivity contribution is 0.154. The van der Waals surface area contributed by atoms with Crippen LogP contribution >= 0.6 is 11.3 Å². The molecule has 0 aliphatic rings. The molecular weight excluding hydrogens is 356 g/mol. The molecular formula is C18H15F2N5S. The maximum Gasteiger partial charge on any atom is 0.255 e. The fourth-order valence-corrected chi connectivity index (χ4v) is 3.36. The highest BCUT2D eigenvalue weighted by molar-refractivity contribution is 7.08. The molecule has 0 spiro atoms. The first-order valence-electron chi connectivity index (χ1n) is 8.03. The number of hydrogen-bond donors (Lipinski definition) is 0. The number of rotatable bonds is 6. The summed E-state index contributed by atoms with van der Waals surface area (Å²) in [5.74, 6) is 1.05. The van der Waals surface area contributed by atoms with E-state index >= 15 is 0 Å². The maximum atomic E-state index is 13.1. The van der Waals surface area contributed by atoms with Gasteiger partial charge in [0, 0.05) is 17.5 Å². The van der Waals surface area contributed by atoms with Gasteiger partial charge in [-0.15, -0.1) is 15.3 Å². The molecule has 0 aliphatic carbocycles. The van der Waals surface area contributed by atoms with Gasteiger partial charge in [-0.2, -0.15) is 15.9 Å². The van der Waals surface area contributed by atoms with Crippen molar-refractivity contribution in [2.24, 2.45) is 0 Å². The Balaban J connectivity index is 1.73. The van der Waals surface area contributed by atoms with Gasteiger partial charge in [-0.3, -0.25) is 0 Å². The Labute approximate surface area is 152 Å². The molecule has 0 unspecified atom stereocenters.